The number of rotatable bonds is 6. The molecule has 0 amide bonds. The smallest absolute Gasteiger partial charge is 0.338 e. The number of nitrogens with zero attached hydrogens (tertiary/aromatic N) is 2. The second-order valence-corrected chi connectivity index (χ2v) is 5.92. The summed E-state index contributed by atoms with van der Waals surface area (Å²) in [4.78, 5) is 25.0. The van der Waals surface area contributed by atoms with Gasteiger partial charge >= 0.3 is 5.97 Å². The lowest BCUT2D eigenvalue weighted by atomic mass is 10.0. The Morgan fingerprint density at radius 3 is 2.62 bits per heavy atom. The molecule has 0 bridgehead atoms. The van der Waals surface area contributed by atoms with Crippen LogP contribution in [0, 0.1) is 17.0 Å². The summed E-state index contributed by atoms with van der Waals surface area (Å²) in [5.41, 5.74) is 1.60. The predicted molar refractivity (Wildman–Crippen MR) is 90.7 cm³/mol. The van der Waals surface area contributed by atoms with E-state index in [0.717, 1.165) is 31.5 Å². The van der Waals surface area contributed by atoms with Gasteiger partial charge < -0.3 is 14.4 Å². The lowest BCUT2D eigenvalue weighted by Gasteiger charge is -2.37. The predicted octanol–water partition coefficient (Wildman–Crippen LogP) is 3.09. The normalized spacial score (nSPS) is 15.1. The van der Waals surface area contributed by atoms with Crippen LogP contribution in [0.3, 0.4) is 0 Å². The van der Waals surface area contributed by atoms with Gasteiger partial charge in [0.15, 0.2) is 0 Å². The molecule has 2 rings (SSSR count). The van der Waals surface area contributed by atoms with E-state index < -0.39 is 10.9 Å². The van der Waals surface area contributed by atoms with Gasteiger partial charge in [-0.3, -0.25) is 10.1 Å². The van der Waals surface area contributed by atoms with Crippen LogP contribution >= 0.6 is 0 Å². The molecule has 1 heterocycles. The highest BCUT2D eigenvalue weighted by atomic mass is 16.6. The average molecular weight is 336 g/mol. The van der Waals surface area contributed by atoms with Crippen LogP contribution in [0.1, 0.15) is 42.1 Å². The molecule has 0 aliphatic carbocycles. The summed E-state index contributed by atoms with van der Waals surface area (Å²) in [7, 11) is 1.28. The van der Waals surface area contributed by atoms with E-state index in [4.69, 9.17) is 9.47 Å². The van der Waals surface area contributed by atoms with Crippen molar-refractivity contribution in [2.75, 3.05) is 31.8 Å². The second-order valence-electron chi connectivity index (χ2n) is 5.92. The van der Waals surface area contributed by atoms with Crippen molar-refractivity contribution in [3.8, 4) is 0 Å². The molecule has 0 unspecified atom stereocenters. The standard InChI is InChI=1S/C17H24N2O5/c1-4-7-18(13-5-8-24-9-6-13)16-11-14(19(21)22)10-15(12(16)2)17(20)23-3/h10-11,13H,4-9H2,1-3H3. The van der Waals surface area contributed by atoms with E-state index in [1.54, 1.807) is 6.07 Å². The number of anilines is 1. The molecule has 7 nitrogen and oxygen atoms in total. The third-order valence-corrected chi connectivity index (χ3v) is 4.39. The van der Waals surface area contributed by atoms with Gasteiger partial charge in [0, 0.05) is 43.6 Å². The van der Waals surface area contributed by atoms with Crippen LogP contribution in [-0.2, 0) is 9.47 Å². The highest BCUT2D eigenvalue weighted by molar-refractivity contribution is 5.94. The van der Waals surface area contributed by atoms with Gasteiger partial charge in [-0.1, -0.05) is 6.92 Å². The van der Waals surface area contributed by atoms with Gasteiger partial charge in [0.25, 0.3) is 5.69 Å². The van der Waals surface area contributed by atoms with Gasteiger partial charge in [0.1, 0.15) is 0 Å². The molecular formula is C17H24N2O5. The number of ether oxygens (including phenoxy) is 2. The van der Waals surface area contributed by atoms with Crippen molar-refractivity contribution in [2.24, 2.45) is 0 Å². The first-order valence-corrected chi connectivity index (χ1v) is 8.21. The minimum atomic E-state index is -0.555. The molecular weight excluding hydrogens is 312 g/mol. The quantitative estimate of drug-likeness (QED) is 0.451. The third kappa shape index (κ3) is 3.84. The fourth-order valence-electron chi connectivity index (χ4n) is 3.15. The van der Waals surface area contributed by atoms with E-state index in [1.807, 2.05) is 6.92 Å². The summed E-state index contributed by atoms with van der Waals surface area (Å²) in [6, 6.07) is 3.11. The van der Waals surface area contributed by atoms with E-state index in [9.17, 15) is 14.9 Å². The Kier molecular flexibility index (Phi) is 6.14. The minimum absolute atomic E-state index is 0.0934. The molecule has 0 aromatic heterocycles. The molecule has 1 aliphatic heterocycles. The maximum Gasteiger partial charge on any atom is 0.338 e. The van der Waals surface area contributed by atoms with Crippen LogP contribution in [0.2, 0.25) is 0 Å². The molecule has 7 heteroatoms. The van der Waals surface area contributed by atoms with Crippen molar-refractivity contribution in [2.45, 2.75) is 39.2 Å². The average Bonchev–Trinajstić information content (AvgIpc) is 2.60. The molecule has 1 aromatic rings. The number of esters is 1. The number of methoxy groups -OCH3 is 1. The van der Waals surface area contributed by atoms with Crippen molar-refractivity contribution in [3.63, 3.8) is 0 Å². The lowest BCUT2D eigenvalue weighted by Crippen LogP contribution is -2.40. The van der Waals surface area contributed by atoms with Crippen LogP contribution in [0.4, 0.5) is 11.4 Å². The maximum atomic E-state index is 12.0. The number of nitro benzene ring substituents is 1. The number of non-ortho nitro benzene ring substituents is 1. The second kappa shape index (κ2) is 8.10. The minimum Gasteiger partial charge on any atom is -0.465 e. The number of carbonyl (C=O) groups is 1. The molecule has 0 saturated carbocycles. The van der Waals surface area contributed by atoms with Crippen molar-refractivity contribution >= 4 is 17.3 Å². The van der Waals surface area contributed by atoms with Crippen LogP contribution in [0.15, 0.2) is 12.1 Å². The summed E-state index contributed by atoms with van der Waals surface area (Å²) in [6.45, 7) is 6.02. The zero-order chi connectivity index (χ0) is 17.7. The number of carbonyl (C=O) groups excluding carboxylic acids is 1. The lowest BCUT2D eigenvalue weighted by molar-refractivity contribution is -0.384. The van der Waals surface area contributed by atoms with Crippen molar-refractivity contribution in [1.82, 2.24) is 0 Å². The number of benzene rings is 1. The van der Waals surface area contributed by atoms with E-state index in [1.165, 1.54) is 13.2 Å². The van der Waals surface area contributed by atoms with Crippen molar-refractivity contribution < 1.29 is 19.2 Å². The Bertz CT molecular complexity index is 611. The van der Waals surface area contributed by atoms with Crippen LogP contribution in [-0.4, -0.2) is 43.8 Å². The largest absolute Gasteiger partial charge is 0.465 e. The molecule has 1 aliphatic rings. The highest BCUT2D eigenvalue weighted by Gasteiger charge is 2.27. The van der Waals surface area contributed by atoms with Gasteiger partial charge in [-0.05, 0) is 31.7 Å². The first-order chi connectivity index (χ1) is 11.5. The van der Waals surface area contributed by atoms with Crippen molar-refractivity contribution in [3.05, 3.63) is 33.4 Å². The Balaban J connectivity index is 2.52. The van der Waals surface area contributed by atoms with Crippen LogP contribution in [0.25, 0.3) is 0 Å². The highest BCUT2D eigenvalue weighted by Crippen LogP contribution is 2.33. The fraction of sp³-hybridized carbons (Fsp3) is 0.588. The van der Waals surface area contributed by atoms with E-state index in [2.05, 4.69) is 11.8 Å². The maximum absolute atomic E-state index is 12.0. The fourth-order valence-corrected chi connectivity index (χ4v) is 3.15. The molecule has 1 saturated heterocycles. The van der Waals surface area contributed by atoms with Crippen molar-refractivity contribution in [1.29, 1.82) is 0 Å². The summed E-state index contributed by atoms with van der Waals surface area (Å²) in [5.74, 6) is -0.555. The van der Waals surface area contributed by atoms with Gasteiger partial charge in [-0.15, -0.1) is 0 Å². The molecule has 24 heavy (non-hydrogen) atoms. The number of nitro groups is 1. The summed E-state index contributed by atoms with van der Waals surface area (Å²) in [6.07, 6.45) is 2.65. The summed E-state index contributed by atoms with van der Waals surface area (Å²) >= 11 is 0. The van der Waals surface area contributed by atoms with E-state index in [0.29, 0.717) is 18.8 Å². The molecule has 1 fully saturated rings. The third-order valence-electron chi connectivity index (χ3n) is 4.39. The van der Waals surface area contributed by atoms with E-state index >= 15 is 0 Å². The van der Waals surface area contributed by atoms with Gasteiger partial charge in [-0.25, -0.2) is 4.79 Å². The molecule has 132 valence electrons. The first kappa shape index (κ1) is 18.2. The molecule has 0 spiro atoms. The Morgan fingerprint density at radius 2 is 2.08 bits per heavy atom. The van der Waals surface area contributed by atoms with Gasteiger partial charge in [-0.2, -0.15) is 0 Å². The molecule has 1 aromatic carbocycles. The Labute approximate surface area is 141 Å². The van der Waals surface area contributed by atoms with E-state index in [-0.39, 0.29) is 17.3 Å². The zero-order valence-corrected chi connectivity index (χ0v) is 14.4. The van der Waals surface area contributed by atoms with Gasteiger partial charge in [0.05, 0.1) is 17.6 Å². The number of hydrogen-bond donors (Lipinski definition) is 0. The SMILES string of the molecule is CCCN(c1cc([N+](=O)[O-])cc(C(=O)OC)c1C)C1CCOCC1. The molecule has 0 N–H and O–H groups in total. The first-order valence-electron chi connectivity index (χ1n) is 8.21. The Morgan fingerprint density at radius 1 is 1.42 bits per heavy atom. The van der Waals surface area contributed by atoms with Gasteiger partial charge in [0.2, 0.25) is 0 Å². The van der Waals surface area contributed by atoms with Crippen LogP contribution < -0.4 is 4.90 Å². The monoisotopic (exact) mass is 336 g/mol. The van der Waals surface area contributed by atoms with Crippen LogP contribution in [0.5, 0.6) is 0 Å². The number of hydrogen-bond acceptors (Lipinski definition) is 6. The topological polar surface area (TPSA) is 81.9 Å². The molecule has 0 atom stereocenters. The zero-order valence-electron chi connectivity index (χ0n) is 14.4. The molecule has 0 radical (unpaired) electrons. The summed E-state index contributed by atoms with van der Waals surface area (Å²) in [5, 5.41) is 11.3. The summed E-state index contributed by atoms with van der Waals surface area (Å²) < 4.78 is 10.2. The Hall–Kier alpha value is -2.15.